The van der Waals surface area contributed by atoms with Crippen LogP contribution in [0.4, 0.5) is 5.69 Å². The number of rotatable bonds is 3. The predicted molar refractivity (Wildman–Crippen MR) is 74.8 cm³/mol. The summed E-state index contributed by atoms with van der Waals surface area (Å²) in [6, 6.07) is 8.08. The van der Waals surface area contributed by atoms with E-state index < -0.39 is 5.97 Å². The molecule has 0 spiro atoms. The predicted octanol–water partition coefficient (Wildman–Crippen LogP) is 2.03. The van der Waals surface area contributed by atoms with Crippen LogP contribution in [0.25, 0.3) is 10.9 Å². The van der Waals surface area contributed by atoms with Gasteiger partial charge in [-0.3, -0.25) is 0 Å². The van der Waals surface area contributed by atoms with Gasteiger partial charge in [-0.25, -0.2) is 4.79 Å². The maximum Gasteiger partial charge on any atom is 0.352 e. The molecule has 0 atom stereocenters. The molecule has 0 radical (unpaired) electrons. The van der Waals surface area contributed by atoms with Gasteiger partial charge in [0.05, 0.1) is 0 Å². The van der Waals surface area contributed by atoms with Crippen molar-refractivity contribution in [2.45, 2.75) is 18.9 Å². The number of nitrogens with one attached hydrogen (secondary N) is 3. The number of H-pyrrole nitrogens is 1. The molecule has 0 aliphatic carbocycles. The summed E-state index contributed by atoms with van der Waals surface area (Å²) in [5.74, 6) is -0.927. The summed E-state index contributed by atoms with van der Waals surface area (Å²) in [7, 11) is 0. The second kappa shape index (κ2) is 4.93. The van der Waals surface area contributed by atoms with Gasteiger partial charge in [-0.05, 0) is 50.2 Å². The molecule has 100 valence electrons. The Balaban J connectivity index is 1.82. The van der Waals surface area contributed by atoms with Gasteiger partial charge in [0.1, 0.15) is 5.69 Å². The number of aromatic nitrogens is 1. The number of piperidine rings is 1. The fraction of sp³-hybridized carbons (Fsp3) is 0.357. The average Bonchev–Trinajstić information content (AvgIpc) is 2.83. The lowest BCUT2D eigenvalue weighted by molar-refractivity contribution is 0.0691. The molecule has 0 bridgehead atoms. The van der Waals surface area contributed by atoms with Crippen molar-refractivity contribution in [3.8, 4) is 0 Å². The number of carboxylic acid groups (broad SMARTS) is 1. The van der Waals surface area contributed by atoms with Gasteiger partial charge in [-0.1, -0.05) is 0 Å². The van der Waals surface area contributed by atoms with Gasteiger partial charge in [0, 0.05) is 22.6 Å². The Morgan fingerprint density at radius 2 is 2.05 bits per heavy atom. The normalized spacial score (nSPS) is 16.6. The van der Waals surface area contributed by atoms with Crippen LogP contribution >= 0.6 is 0 Å². The standard InChI is InChI=1S/C14H17N3O2/c18-14(19)13-8-9-7-11(1-2-12(9)17-13)16-10-3-5-15-6-4-10/h1-2,7-8,10,15-17H,3-6H2,(H,18,19). The van der Waals surface area contributed by atoms with E-state index in [0.29, 0.717) is 6.04 Å². The zero-order valence-electron chi connectivity index (χ0n) is 10.6. The summed E-state index contributed by atoms with van der Waals surface area (Å²) in [5.41, 5.74) is 2.14. The maximum atomic E-state index is 10.9. The zero-order chi connectivity index (χ0) is 13.2. The molecule has 5 heteroatoms. The zero-order valence-corrected chi connectivity index (χ0v) is 10.6. The van der Waals surface area contributed by atoms with E-state index in [9.17, 15) is 4.79 Å². The lowest BCUT2D eigenvalue weighted by Crippen LogP contribution is -2.35. The summed E-state index contributed by atoms with van der Waals surface area (Å²) >= 11 is 0. The van der Waals surface area contributed by atoms with Crippen LogP contribution in [0.5, 0.6) is 0 Å². The molecule has 1 saturated heterocycles. The molecule has 19 heavy (non-hydrogen) atoms. The Kier molecular flexibility index (Phi) is 3.13. The van der Waals surface area contributed by atoms with Crippen molar-refractivity contribution in [2.75, 3.05) is 18.4 Å². The minimum Gasteiger partial charge on any atom is -0.477 e. The molecule has 0 unspecified atom stereocenters. The van der Waals surface area contributed by atoms with Crippen molar-refractivity contribution in [3.05, 3.63) is 30.0 Å². The first kappa shape index (κ1) is 12.0. The summed E-state index contributed by atoms with van der Waals surface area (Å²) in [4.78, 5) is 13.8. The number of anilines is 1. The second-order valence-corrected chi connectivity index (χ2v) is 4.96. The highest BCUT2D eigenvalue weighted by Crippen LogP contribution is 2.22. The number of hydrogen-bond acceptors (Lipinski definition) is 3. The van der Waals surface area contributed by atoms with Crippen molar-refractivity contribution in [1.29, 1.82) is 0 Å². The lowest BCUT2D eigenvalue weighted by Gasteiger charge is -2.24. The molecular weight excluding hydrogens is 242 g/mol. The van der Waals surface area contributed by atoms with Gasteiger partial charge < -0.3 is 20.7 Å². The van der Waals surface area contributed by atoms with E-state index in [4.69, 9.17) is 5.11 Å². The quantitative estimate of drug-likeness (QED) is 0.680. The van der Waals surface area contributed by atoms with Crippen LogP contribution in [-0.2, 0) is 0 Å². The van der Waals surface area contributed by atoms with Crippen molar-refractivity contribution >= 4 is 22.6 Å². The number of hydrogen-bond donors (Lipinski definition) is 4. The number of benzene rings is 1. The SMILES string of the molecule is O=C(O)c1cc2cc(NC3CCNCC3)ccc2[nH]1. The molecule has 4 N–H and O–H groups in total. The van der Waals surface area contributed by atoms with E-state index in [1.165, 1.54) is 0 Å². The lowest BCUT2D eigenvalue weighted by atomic mass is 10.1. The third-order valence-corrected chi connectivity index (χ3v) is 3.56. The first-order valence-electron chi connectivity index (χ1n) is 6.56. The molecule has 2 aromatic rings. The molecule has 1 fully saturated rings. The minimum absolute atomic E-state index is 0.231. The first-order chi connectivity index (χ1) is 9.22. The molecule has 1 aromatic heterocycles. The third kappa shape index (κ3) is 2.56. The maximum absolute atomic E-state index is 10.9. The van der Waals surface area contributed by atoms with Crippen LogP contribution in [-0.4, -0.2) is 35.2 Å². The average molecular weight is 259 g/mol. The molecule has 1 aliphatic rings. The molecule has 5 nitrogen and oxygen atoms in total. The molecule has 2 heterocycles. The van der Waals surface area contributed by atoms with Gasteiger partial charge in [0.15, 0.2) is 0 Å². The van der Waals surface area contributed by atoms with E-state index >= 15 is 0 Å². The van der Waals surface area contributed by atoms with Crippen molar-refractivity contribution in [1.82, 2.24) is 10.3 Å². The van der Waals surface area contributed by atoms with Crippen LogP contribution < -0.4 is 10.6 Å². The molecule has 1 aliphatic heterocycles. The number of carbonyl (C=O) groups is 1. The number of fused-ring (bicyclic) bond motifs is 1. The van der Waals surface area contributed by atoms with Crippen molar-refractivity contribution < 1.29 is 9.90 Å². The molecule has 3 rings (SSSR count). The minimum atomic E-state index is -0.927. The van der Waals surface area contributed by atoms with Crippen molar-refractivity contribution in [2.24, 2.45) is 0 Å². The molecule has 0 amide bonds. The van der Waals surface area contributed by atoms with Gasteiger partial charge in [-0.2, -0.15) is 0 Å². The van der Waals surface area contributed by atoms with Crippen LogP contribution in [0.3, 0.4) is 0 Å². The van der Waals surface area contributed by atoms with Crippen LogP contribution in [0.2, 0.25) is 0 Å². The summed E-state index contributed by atoms with van der Waals surface area (Å²) < 4.78 is 0. The van der Waals surface area contributed by atoms with E-state index in [0.717, 1.165) is 42.5 Å². The highest BCUT2D eigenvalue weighted by atomic mass is 16.4. The van der Waals surface area contributed by atoms with Crippen LogP contribution in [0, 0.1) is 0 Å². The fourth-order valence-corrected chi connectivity index (χ4v) is 2.54. The largest absolute Gasteiger partial charge is 0.477 e. The highest BCUT2D eigenvalue weighted by molar-refractivity contribution is 5.94. The van der Waals surface area contributed by atoms with E-state index in [2.05, 4.69) is 15.6 Å². The second-order valence-electron chi connectivity index (χ2n) is 4.96. The van der Waals surface area contributed by atoms with E-state index in [1.807, 2.05) is 18.2 Å². The van der Waals surface area contributed by atoms with E-state index in [1.54, 1.807) is 6.07 Å². The Labute approximate surface area is 111 Å². The fourth-order valence-electron chi connectivity index (χ4n) is 2.54. The van der Waals surface area contributed by atoms with Gasteiger partial charge >= 0.3 is 5.97 Å². The monoisotopic (exact) mass is 259 g/mol. The third-order valence-electron chi connectivity index (χ3n) is 3.56. The van der Waals surface area contributed by atoms with Gasteiger partial charge in [0.2, 0.25) is 0 Å². The summed E-state index contributed by atoms with van der Waals surface area (Å²) in [5, 5.41) is 16.7. The number of aromatic carboxylic acids is 1. The summed E-state index contributed by atoms with van der Waals surface area (Å²) in [6.45, 7) is 2.10. The van der Waals surface area contributed by atoms with Crippen LogP contribution in [0.15, 0.2) is 24.3 Å². The smallest absolute Gasteiger partial charge is 0.352 e. The Morgan fingerprint density at radius 3 is 2.79 bits per heavy atom. The van der Waals surface area contributed by atoms with Crippen molar-refractivity contribution in [3.63, 3.8) is 0 Å². The number of carboxylic acids is 1. The Morgan fingerprint density at radius 1 is 1.26 bits per heavy atom. The van der Waals surface area contributed by atoms with Gasteiger partial charge in [-0.15, -0.1) is 0 Å². The molecule has 1 aromatic carbocycles. The molecule has 0 saturated carbocycles. The Hall–Kier alpha value is -2.01. The summed E-state index contributed by atoms with van der Waals surface area (Å²) in [6.07, 6.45) is 2.23. The van der Waals surface area contributed by atoms with Gasteiger partial charge in [0.25, 0.3) is 0 Å². The first-order valence-corrected chi connectivity index (χ1v) is 6.56. The van der Waals surface area contributed by atoms with Crippen LogP contribution in [0.1, 0.15) is 23.3 Å². The number of aromatic amines is 1. The highest BCUT2D eigenvalue weighted by Gasteiger charge is 2.13. The Bertz CT molecular complexity index is 600. The molecular formula is C14H17N3O2. The van der Waals surface area contributed by atoms with E-state index in [-0.39, 0.29) is 5.69 Å². The topological polar surface area (TPSA) is 77.2 Å².